The Balaban J connectivity index is 1.45. The quantitative estimate of drug-likeness (QED) is 0.490. The van der Waals surface area contributed by atoms with Gasteiger partial charge < -0.3 is 15.0 Å². The molecule has 0 fully saturated rings. The van der Waals surface area contributed by atoms with Gasteiger partial charge in [0, 0.05) is 43.0 Å². The van der Waals surface area contributed by atoms with Crippen molar-refractivity contribution in [2.45, 2.75) is 13.0 Å². The molecule has 27 heavy (non-hydrogen) atoms. The molecule has 2 N–H and O–H groups in total. The molecule has 7 heteroatoms. The topological polar surface area (TPSA) is 75.7 Å². The van der Waals surface area contributed by atoms with E-state index in [1.54, 1.807) is 19.5 Å². The second-order valence-electron chi connectivity index (χ2n) is 6.10. The van der Waals surface area contributed by atoms with E-state index < -0.39 is 0 Å². The molecule has 0 saturated heterocycles. The van der Waals surface area contributed by atoms with Gasteiger partial charge in [0.2, 0.25) is 5.88 Å². The number of H-pyrrole nitrogens is 1. The summed E-state index contributed by atoms with van der Waals surface area (Å²) in [7, 11) is 1.60. The standard InChI is InChI=1S/C20H18ClN5O/c1-27-18-7-4-13(11-24-18)10-23-17-6-5-14(19(21)26-17)9-15-12-25-20-16(15)3-2-8-22-20/h2-8,11-12H,9-10H2,1H3,(H,22,25)(H,23,26). The fraction of sp³-hybridized carbons (Fsp3) is 0.150. The lowest BCUT2D eigenvalue weighted by molar-refractivity contribution is 0.397. The number of ether oxygens (including phenoxy) is 1. The molecule has 0 aliphatic rings. The highest BCUT2D eigenvalue weighted by molar-refractivity contribution is 6.30. The fourth-order valence-electron chi connectivity index (χ4n) is 2.89. The van der Waals surface area contributed by atoms with Crippen molar-refractivity contribution < 1.29 is 4.74 Å². The van der Waals surface area contributed by atoms with Gasteiger partial charge in [-0.15, -0.1) is 0 Å². The van der Waals surface area contributed by atoms with Crippen LogP contribution < -0.4 is 10.1 Å². The van der Waals surface area contributed by atoms with Crippen LogP contribution in [-0.2, 0) is 13.0 Å². The highest BCUT2D eigenvalue weighted by Gasteiger charge is 2.09. The van der Waals surface area contributed by atoms with Crippen molar-refractivity contribution in [3.63, 3.8) is 0 Å². The SMILES string of the molecule is COc1ccc(CNc2ccc(Cc3c[nH]c4ncccc34)c(Cl)n2)cn1. The normalized spacial score (nSPS) is 10.9. The number of nitrogens with one attached hydrogen (secondary N) is 2. The smallest absolute Gasteiger partial charge is 0.212 e. The first kappa shape index (κ1) is 17.3. The molecule has 0 aliphatic heterocycles. The van der Waals surface area contributed by atoms with Crippen LogP contribution in [0.15, 0.2) is 55.0 Å². The Morgan fingerprint density at radius 1 is 1.11 bits per heavy atom. The number of methoxy groups -OCH3 is 1. The van der Waals surface area contributed by atoms with Gasteiger partial charge >= 0.3 is 0 Å². The second-order valence-corrected chi connectivity index (χ2v) is 6.46. The van der Waals surface area contributed by atoms with Gasteiger partial charge in [0.25, 0.3) is 0 Å². The van der Waals surface area contributed by atoms with E-state index >= 15 is 0 Å². The average molecular weight is 380 g/mol. The van der Waals surface area contributed by atoms with Crippen molar-refractivity contribution >= 4 is 28.5 Å². The number of nitrogens with zero attached hydrogens (tertiary/aromatic N) is 3. The summed E-state index contributed by atoms with van der Waals surface area (Å²) in [5.41, 5.74) is 4.02. The summed E-state index contributed by atoms with van der Waals surface area (Å²) in [6.45, 7) is 0.605. The van der Waals surface area contributed by atoms with Crippen molar-refractivity contribution in [3.05, 3.63) is 76.8 Å². The minimum Gasteiger partial charge on any atom is -0.481 e. The molecule has 4 heterocycles. The molecule has 0 atom stereocenters. The van der Waals surface area contributed by atoms with Crippen LogP contribution in [0, 0.1) is 0 Å². The summed E-state index contributed by atoms with van der Waals surface area (Å²) < 4.78 is 5.06. The Hall–Kier alpha value is -3.12. The molecular formula is C20H18ClN5O. The largest absolute Gasteiger partial charge is 0.481 e. The van der Waals surface area contributed by atoms with Crippen LogP contribution in [0.25, 0.3) is 11.0 Å². The molecule has 0 spiro atoms. The number of aromatic nitrogens is 4. The number of rotatable bonds is 6. The number of hydrogen-bond donors (Lipinski definition) is 2. The predicted molar refractivity (Wildman–Crippen MR) is 106 cm³/mol. The van der Waals surface area contributed by atoms with Crippen molar-refractivity contribution in [2.24, 2.45) is 0 Å². The Bertz CT molecular complexity index is 1060. The zero-order valence-electron chi connectivity index (χ0n) is 14.7. The summed E-state index contributed by atoms with van der Waals surface area (Å²) in [6, 6.07) is 11.7. The van der Waals surface area contributed by atoms with Crippen molar-refractivity contribution in [2.75, 3.05) is 12.4 Å². The molecule has 0 unspecified atom stereocenters. The Morgan fingerprint density at radius 2 is 2.04 bits per heavy atom. The maximum Gasteiger partial charge on any atom is 0.212 e. The summed E-state index contributed by atoms with van der Waals surface area (Å²) >= 11 is 6.41. The van der Waals surface area contributed by atoms with Crippen LogP contribution in [0.2, 0.25) is 5.15 Å². The van der Waals surface area contributed by atoms with Gasteiger partial charge in [-0.3, -0.25) is 0 Å². The molecule has 6 nitrogen and oxygen atoms in total. The third-order valence-corrected chi connectivity index (χ3v) is 4.65. The third-order valence-electron chi connectivity index (χ3n) is 4.32. The summed E-state index contributed by atoms with van der Waals surface area (Å²) in [5, 5.41) is 4.85. The van der Waals surface area contributed by atoms with Crippen molar-refractivity contribution in [1.82, 2.24) is 19.9 Å². The summed E-state index contributed by atoms with van der Waals surface area (Å²) in [6.07, 6.45) is 6.21. The molecular weight excluding hydrogens is 362 g/mol. The summed E-state index contributed by atoms with van der Waals surface area (Å²) in [4.78, 5) is 16.2. The molecule has 0 bridgehead atoms. The van der Waals surface area contributed by atoms with Crippen LogP contribution in [-0.4, -0.2) is 27.0 Å². The maximum absolute atomic E-state index is 6.41. The van der Waals surface area contributed by atoms with E-state index in [9.17, 15) is 0 Å². The van der Waals surface area contributed by atoms with Gasteiger partial charge in [-0.25, -0.2) is 15.0 Å². The second kappa shape index (κ2) is 7.63. The zero-order valence-corrected chi connectivity index (χ0v) is 15.5. The van der Waals surface area contributed by atoms with Crippen LogP contribution in [0.4, 0.5) is 5.82 Å². The number of halogens is 1. The van der Waals surface area contributed by atoms with Crippen molar-refractivity contribution in [1.29, 1.82) is 0 Å². The Labute approximate surface area is 161 Å². The first-order chi connectivity index (χ1) is 13.2. The molecule has 0 saturated carbocycles. The van der Waals surface area contributed by atoms with E-state index in [4.69, 9.17) is 16.3 Å². The van der Waals surface area contributed by atoms with Gasteiger partial charge in [-0.05, 0) is 34.9 Å². The minimum atomic E-state index is 0.492. The van der Waals surface area contributed by atoms with E-state index in [0.717, 1.165) is 33.5 Å². The predicted octanol–water partition coefficient (Wildman–Crippen LogP) is 4.22. The lowest BCUT2D eigenvalue weighted by Gasteiger charge is -2.09. The van der Waals surface area contributed by atoms with Crippen LogP contribution in [0.5, 0.6) is 5.88 Å². The van der Waals surface area contributed by atoms with Gasteiger partial charge in [0.15, 0.2) is 0 Å². The monoisotopic (exact) mass is 379 g/mol. The van der Waals surface area contributed by atoms with Crippen molar-refractivity contribution in [3.8, 4) is 5.88 Å². The number of anilines is 1. The van der Waals surface area contributed by atoms with Gasteiger partial charge in [-0.2, -0.15) is 0 Å². The minimum absolute atomic E-state index is 0.492. The number of fused-ring (bicyclic) bond motifs is 1. The average Bonchev–Trinajstić information content (AvgIpc) is 3.11. The van der Waals surface area contributed by atoms with Gasteiger partial charge in [-0.1, -0.05) is 23.7 Å². The Kier molecular flexibility index (Phi) is 4.89. The van der Waals surface area contributed by atoms with E-state index in [0.29, 0.717) is 24.0 Å². The Morgan fingerprint density at radius 3 is 2.81 bits per heavy atom. The van der Waals surface area contributed by atoms with Crippen LogP contribution in [0.1, 0.15) is 16.7 Å². The molecule has 136 valence electrons. The summed E-state index contributed by atoms with van der Waals surface area (Å²) in [5.74, 6) is 1.32. The van der Waals surface area contributed by atoms with Crippen LogP contribution >= 0.6 is 11.6 Å². The van der Waals surface area contributed by atoms with Gasteiger partial charge in [0.05, 0.1) is 7.11 Å². The number of pyridine rings is 3. The molecule has 0 aromatic carbocycles. The lowest BCUT2D eigenvalue weighted by Crippen LogP contribution is -2.03. The zero-order chi connectivity index (χ0) is 18.6. The first-order valence-corrected chi connectivity index (χ1v) is 8.90. The third kappa shape index (κ3) is 3.85. The van der Waals surface area contributed by atoms with E-state index in [-0.39, 0.29) is 0 Å². The maximum atomic E-state index is 6.41. The molecule has 0 radical (unpaired) electrons. The van der Waals surface area contributed by atoms with Crippen LogP contribution in [0.3, 0.4) is 0 Å². The van der Waals surface area contributed by atoms with E-state index in [1.165, 1.54) is 0 Å². The lowest BCUT2D eigenvalue weighted by atomic mass is 10.1. The number of aromatic amines is 1. The molecule has 4 aromatic heterocycles. The molecule has 0 amide bonds. The van der Waals surface area contributed by atoms with E-state index in [1.807, 2.05) is 42.6 Å². The number of hydrogen-bond acceptors (Lipinski definition) is 5. The molecule has 4 rings (SSSR count). The highest BCUT2D eigenvalue weighted by atomic mass is 35.5. The molecule has 0 aliphatic carbocycles. The molecule has 4 aromatic rings. The van der Waals surface area contributed by atoms with E-state index in [2.05, 4.69) is 25.3 Å². The van der Waals surface area contributed by atoms with Gasteiger partial charge in [0.1, 0.15) is 16.6 Å². The fourth-order valence-corrected chi connectivity index (χ4v) is 3.11. The first-order valence-electron chi connectivity index (χ1n) is 8.52. The highest BCUT2D eigenvalue weighted by Crippen LogP contribution is 2.24.